The summed E-state index contributed by atoms with van der Waals surface area (Å²) in [5.74, 6) is 0.539. The smallest absolute Gasteiger partial charge is 0.145 e. The van der Waals surface area contributed by atoms with Crippen LogP contribution in [0.1, 0.15) is 23.6 Å². The Morgan fingerprint density at radius 2 is 2.36 bits per heavy atom. The maximum atomic E-state index is 9.58. The first-order valence-corrected chi connectivity index (χ1v) is 4.38. The molecule has 1 aromatic rings. The molecule has 1 aromatic carbocycles. The lowest BCUT2D eigenvalue weighted by Crippen LogP contribution is -2.21. The van der Waals surface area contributed by atoms with Crippen molar-refractivity contribution in [3.8, 4) is 17.6 Å². The van der Waals surface area contributed by atoms with Gasteiger partial charge in [0.15, 0.2) is 0 Å². The maximum absolute atomic E-state index is 9.58. The number of benzene rings is 1. The van der Waals surface area contributed by atoms with Gasteiger partial charge in [0.1, 0.15) is 17.6 Å². The number of fused-ring (bicyclic) bond motifs is 1. The number of nitriles is 1. The van der Waals surface area contributed by atoms with Gasteiger partial charge in [-0.1, -0.05) is 0 Å². The Labute approximate surface area is 81.5 Å². The topological polar surface area (TPSA) is 79.3 Å². The first-order valence-electron chi connectivity index (χ1n) is 4.38. The van der Waals surface area contributed by atoms with Crippen molar-refractivity contribution in [3.63, 3.8) is 0 Å². The van der Waals surface area contributed by atoms with E-state index in [1.54, 1.807) is 0 Å². The van der Waals surface area contributed by atoms with Crippen molar-refractivity contribution in [2.45, 2.75) is 12.5 Å². The second kappa shape index (κ2) is 3.20. The zero-order valence-corrected chi connectivity index (χ0v) is 7.53. The van der Waals surface area contributed by atoms with Crippen LogP contribution in [-0.4, -0.2) is 11.7 Å². The third-order valence-corrected chi connectivity index (χ3v) is 2.34. The Morgan fingerprint density at radius 1 is 1.57 bits per heavy atom. The van der Waals surface area contributed by atoms with Crippen molar-refractivity contribution in [2.24, 2.45) is 5.73 Å². The zero-order chi connectivity index (χ0) is 10.1. The third kappa shape index (κ3) is 1.19. The molecule has 0 aliphatic carbocycles. The number of nitrogens with zero attached hydrogens (tertiary/aromatic N) is 1. The number of phenolic OH excluding ortho intramolecular Hbond substituents is 1. The molecule has 72 valence electrons. The summed E-state index contributed by atoms with van der Waals surface area (Å²) in [4.78, 5) is 0. The molecule has 0 aromatic heterocycles. The SMILES string of the molecule is N#Cc1ccc(O)c2c1OCC[C@H]2N. The molecule has 0 radical (unpaired) electrons. The van der Waals surface area contributed by atoms with Gasteiger partial charge in [-0.3, -0.25) is 0 Å². The number of hydrogen-bond donors (Lipinski definition) is 2. The highest BCUT2D eigenvalue weighted by Crippen LogP contribution is 2.39. The summed E-state index contributed by atoms with van der Waals surface area (Å²) >= 11 is 0. The summed E-state index contributed by atoms with van der Waals surface area (Å²) in [7, 11) is 0. The van der Waals surface area contributed by atoms with Crippen molar-refractivity contribution in [1.29, 1.82) is 5.26 Å². The molecule has 2 rings (SSSR count). The van der Waals surface area contributed by atoms with E-state index in [-0.39, 0.29) is 11.8 Å². The van der Waals surface area contributed by atoms with Crippen LogP contribution in [0.2, 0.25) is 0 Å². The van der Waals surface area contributed by atoms with Gasteiger partial charge in [-0.05, 0) is 12.1 Å². The number of aromatic hydroxyl groups is 1. The minimum absolute atomic E-state index is 0.103. The molecule has 1 atom stereocenters. The Kier molecular flexibility index (Phi) is 2.02. The van der Waals surface area contributed by atoms with Gasteiger partial charge in [-0.15, -0.1) is 0 Å². The number of phenols is 1. The lowest BCUT2D eigenvalue weighted by Gasteiger charge is -2.24. The van der Waals surface area contributed by atoms with Crippen LogP contribution in [0.15, 0.2) is 12.1 Å². The largest absolute Gasteiger partial charge is 0.507 e. The fourth-order valence-corrected chi connectivity index (χ4v) is 1.62. The van der Waals surface area contributed by atoms with Crippen LogP contribution in [0, 0.1) is 11.3 Å². The highest BCUT2D eigenvalue weighted by atomic mass is 16.5. The molecule has 4 heteroatoms. The van der Waals surface area contributed by atoms with Crippen molar-refractivity contribution in [1.82, 2.24) is 0 Å². The van der Waals surface area contributed by atoms with Gasteiger partial charge >= 0.3 is 0 Å². The number of hydrogen-bond acceptors (Lipinski definition) is 4. The molecule has 0 amide bonds. The molecule has 1 aliphatic heterocycles. The molecule has 1 aliphatic rings. The zero-order valence-electron chi connectivity index (χ0n) is 7.53. The normalized spacial score (nSPS) is 19.3. The van der Waals surface area contributed by atoms with Gasteiger partial charge in [0.2, 0.25) is 0 Å². The van der Waals surface area contributed by atoms with Crippen LogP contribution in [-0.2, 0) is 0 Å². The quantitative estimate of drug-likeness (QED) is 0.640. The molecule has 0 spiro atoms. The van der Waals surface area contributed by atoms with Gasteiger partial charge in [-0.25, -0.2) is 0 Å². The van der Waals surface area contributed by atoms with Gasteiger partial charge in [0, 0.05) is 12.5 Å². The van der Waals surface area contributed by atoms with Gasteiger partial charge in [0.05, 0.1) is 17.7 Å². The van der Waals surface area contributed by atoms with E-state index in [2.05, 4.69) is 0 Å². The van der Waals surface area contributed by atoms with Crippen molar-refractivity contribution < 1.29 is 9.84 Å². The van der Waals surface area contributed by atoms with Crippen LogP contribution in [0.5, 0.6) is 11.5 Å². The standard InChI is InChI=1S/C10H10N2O2/c11-5-6-1-2-8(13)9-7(12)3-4-14-10(6)9/h1-2,7,13H,3-4,12H2/t7-/m1/s1. The Morgan fingerprint density at radius 3 is 3.07 bits per heavy atom. The molecule has 0 saturated heterocycles. The van der Waals surface area contributed by atoms with E-state index in [0.717, 1.165) is 0 Å². The predicted molar refractivity (Wildman–Crippen MR) is 49.9 cm³/mol. The van der Waals surface area contributed by atoms with Crippen LogP contribution in [0.4, 0.5) is 0 Å². The number of ether oxygens (including phenoxy) is 1. The molecule has 14 heavy (non-hydrogen) atoms. The monoisotopic (exact) mass is 190 g/mol. The van der Waals surface area contributed by atoms with Gasteiger partial charge in [-0.2, -0.15) is 5.26 Å². The second-order valence-electron chi connectivity index (χ2n) is 3.23. The van der Waals surface area contributed by atoms with E-state index in [1.807, 2.05) is 6.07 Å². The van der Waals surface area contributed by atoms with Crippen LogP contribution < -0.4 is 10.5 Å². The highest BCUT2D eigenvalue weighted by Gasteiger charge is 2.24. The minimum atomic E-state index is -0.243. The summed E-state index contributed by atoms with van der Waals surface area (Å²) in [5.41, 5.74) is 6.80. The van der Waals surface area contributed by atoms with Crippen LogP contribution >= 0.6 is 0 Å². The second-order valence-corrected chi connectivity index (χ2v) is 3.23. The van der Waals surface area contributed by atoms with E-state index in [1.165, 1.54) is 12.1 Å². The Hall–Kier alpha value is -1.73. The Bertz CT molecular complexity index is 409. The van der Waals surface area contributed by atoms with E-state index in [9.17, 15) is 5.11 Å². The first-order chi connectivity index (χ1) is 6.74. The average Bonchev–Trinajstić information content (AvgIpc) is 2.18. The van der Waals surface area contributed by atoms with E-state index < -0.39 is 0 Å². The fraction of sp³-hybridized carbons (Fsp3) is 0.300. The summed E-state index contributed by atoms with van der Waals surface area (Å²) in [6, 6.07) is 4.78. The lowest BCUT2D eigenvalue weighted by molar-refractivity contribution is 0.263. The number of rotatable bonds is 0. The predicted octanol–water partition coefficient (Wildman–Crippen LogP) is 1.05. The molecule has 0 unspecified atom stereocenters. The van der Waals surface area contributed by atoms with Crippen molar-refractivity contribution in [3.05, 3.63) is 23.3 Å². The molecule has 3 N–H and O–H groups in total. The first kappa shape index (κ1) is 8.85. The molecule has 0 saturated carbocycles. The van der Waals surface area contributed by atoms with Crippen LogP contribution in [0.25, 0.3) is 0 Å². The summed E-state index contributed by atoms with van der Waals surface area (Å²) in [6.45, 7) is 0.492. The van der Waals surface area contributed by atoms with Crippen LogP contribution in [0.3, 0.4) is 0 Å². The molecule has 0 fully saturated rings. The molecule has 4 nitrogen and oxygen atoms in total. The molecular weight excluding hydrogens is 180 g/mol. The average molecular weight is 190 g/mol. The molecule has 1 heterocycles. The van der Waals surface area contributed by atoms with E-state index in [4.69, 9.17) is 15.7 Å². The van der Waals surface area contributed by atoms with Crippen molar-refractivity contribution in [2.75, 3.05) is 6.61 Å². The maximum Gasteiger partial charge on any atom is 0.145 e. The fourth-order valence-electron chi connectivity index (χ4n) is 1.62. The molecular formula is C10H10N2O2. The summed E-state index contributed by atoms with van der Waals surface area (Å²) < 4.78 is 5.33. The summed E-state index contributed by atoms with van der Waals surface area (Å²) in [5, 5.41) is 18.4. The Balaban J connectivity index is 2.65. The van der Waals surface area contributed by atoms with E-state index in [0.29, 0.717) is 29.9 Å². The summed E-state index contributed by atoms with van der Waals surface area (Å²) in [6.07, 6.45) is 0.662. The molecule has 0 bridgehead atoms. The lowest BCUT2D eigenvalue weighted by atomic mass is 9.97. The van der Waals surface area contributed by atoms with Gasteiger partial charge in [0.25, 0.3) is 0 Å². The van der Waals surface area contributed by atoms with Gasteiger partial charge < -0.3 is 15.6 Å². The number of nitrogens with two attached hydrogens (primary N) is 1. The minimum Gasteiger partial charge on any atom is -0.507 e. The van der Waals surface area contributed by atoms with E-state index >= 15 is 0 Å². The van der Waals surface area contributed by atoms with Crippen molar-refractivity contribution >= 4 is 0 Å². The highest BCUT2D eigenvalue weighted by molar-refractivity contribution is 5.56. The third-order valence-electron chi connectivity index (χ3n) is 2.34.